The Balaban J connectivity index is 2.13. The maximum Gasteiger partial charge on any atom is 0.321 e. The molecule has 0 spiro atoms. The lowest BCUT2D eigenvalue weighted by atomic mass is 10.0. The minimum absolute atomic E-state index is 0.0414. The molecule has 0 heterocycles. The number of hydrogen-bond donors (Lipinski definition) is 1. The lowest BCUT2D eigenvalue weighted by molar-refractivity contribution is -0.142. The predicted octanol–water partition coefficient (Wildman–Crippen LogP) is 3.28. The second-order valence-corrected chi connectivity index (χ2v) is 7.67. The molecule has 0 saturated carbocycles. The molecule has 2 rings (SSSR count). The first kappa shape index (κ1) is 26.0. The Morgan fingerprint density at radius 1 is 1.15 bits per heavy atom. The lowest BCUT2D eigenvalue weighted by Gasteiger charge is -2.25. The highest BCUT2D eigenvalue weighted by Gasteiger charge is 2.18. The molecule has 2 aromatic carbocycles. The second kappa shape index (κ2) is 13.3. The van der Waals surface area contributed by atoms with Crippen LogP contribution in [-0.2, 0) is 25.1 Å². The molecule has 2 unspecified atom stereocenters. The van der Waals surface area contributed by atoms with Crippen molar-refractivity contribution in [1.82, 2.24) is 5.32 Å². The second-order valence-electron chi connectivity index (χ2n) is 7.07. The number of carbonyl (C=O) groups excluding carboxylic acids is 2. The summed E-state index contributed by atoms with van der Waals surface area (Å²) in [5.41, 5.74) is 2.99. The third kappa shape index (κ3) is 8.65. The summed E-state index contributed by atoms with van der Waals surface area (Å²) < 4.78 is 31.1. The van der Waals surface area contributed by atoms with Gasteiger partial charge in [-0.05, 0) is 55.7 Å². The number of nitrogens with zero attached hydrogens (tertiary/aromatic N) is 2. The highest BCUT2D eigenvalue weighted by molar-refractivity contribution is 7.74. The number of esters is 1. The summed E-state index contributed by atoms with van der Waals surface area (Å²) in [7, 11) is 0. The van der Waals surface area contributed by atoms with Gasteiger partial charge in [-0.25, -0.2) is 9.00 Å². The molecule has 0 bridgehead atoms. The van der Waals surface area contributed by atoms with Crippen LogP contribution in [0.4, 0.5) is 10.5 Å². The van der Waals surface area contributed by atoms with Crippen molar-refractivity contribution < 1.29 is 27.3 Å². The van der Waals surface area contributed by atoms with E-state index >= 15 is 0 Å². The van der Waals surface area contributed by atoms with Crippen LogP contribution >= 0.6 is 0 Å². The number of anilines is 1. The van der Waals surface area contributed by atoms with Crippen LogP contribution in [0.15, 0.2) is 48.5 Å². The summed E-state index contributed by atoms with van der Waals surface area (Å²) in [4.78, 5) is 25.8. The van der Waals surface area contributed by atoms with Gasteiger partial charge in [0.05, 0.1) is 42.1 Å². The molecule has 9 nitrogen and oxygen atoms in total. The Morgan fingerprint density at radius 3 is 2.30 bits per heavy atom. The van der Waals surface area contributed by atoms with Crippen LogP contribution in [0.3, 0.4) is 0 Å². The minimum atomic E-state index is -2.65. The Bertz CT molecular complexity index is 989. The van der Waals surface area contributed by atoms with Gasteiger partial charge in [0.25, 0.3) is 0 Å². The summed E-state index contributed by atoms with van der Waals surface area (Å²) in [5, 5.41) is 11.6. The molecule has 10 heteroatoms. The minimum Gasteiger partial charge on any atom is -0.750 e. The molecule has 0 fully saturated rings. The van der Waals surface area contributed by atoms with E-state index in [9.17, 15) is 18.4 Å². The van der Waals surface area contributed by atoms with Crippen molar-refractivity contribution in [3.63, 3.8) is 0 Å². The van der Waals surface area contributed by atoms with Gasteiger partial charge >= 0.3 is 12.0 Å². The fraction of sp³-hybridized carbons (Fsp3) is 0.348. The van der Waals surface area contributed by atoms with Crippen LogP contribution in [-0.4, -0.2) is 46.6 Å². The number of nitrogens with one attached hydrogen (secondary N) is 1. The zero-order valence-corrected chi connectivity index (χ0v) is 19.3. The smallest absolute Gasteiger partial charge is 0.321 e. The number of nitriles is 1. The van der Waals surface area contributed by atoms with Crippen molar-refractivity contribution in [3.05, 3.63) is 54.1 Å². The van der Waals surface area contributed by atoms with Crippen LogP contribution in [0.5, 0.6) is 0 Å². The standard InChI is InChI=1S/C23H27N3O6S/c1-3-31-22(27)12-14-25-23(28)26(15-13-17(2)32-33(29)30)21-10-8-20(9-11-21)19-6-4-18(16-24)5-7-19/h4-11,17H,3,12-15H2,1-2H3,(H,25,28)(H,29,30)/p-1. The molecule has 0 aliphatic rings. The number of carbonyl (C=O) groups is 2. The van der Waals surface area contributed by atoms with Crippen molar-refractivity contribution in [1.29, 1.82) is 5.26 Å². The van der Waals surface area contributed by atoms with Crippen LogP contribution in [0.1, 0.15) is 32.3 Å². The fourth-order valence-electron chi connectivity index (χ4n) is 3.01. The zero-order chi connectivity index (χ0) is 24.2. The molecule has 0 aliphatic carbocycles. The quantitative estimate of drug-likeness (QED) is 0.392. The van der Waals surface area contributed by atoms with E-state index < -0.39 is 29.5 Å². The summed E-state index contributed by atoms with van der Waals surface area (Å²) in [6, 6.07) is 16.0. The fourth-order valence-corrected chi connectivity index (χ4v) is 3.38. The number of urea groups is 1. The van der Waals surface area contributed by atoms with Gasteiger partial charge < -0.3 is 14.6 Å². The molecular formula is C23H26N3O6S-. The third-order valence-corrected chi connectivity index (χ3v) is 5.17. The van der Waals surface area contributed by atoms with Crippen LogP contribution in [0.2, 0.25) is 0 Å². The van der Waals surface area contributed by atoms with Crippen LogP contribution in [0.25, 0.3) is 11.1 Å². The molecule has 0 radical (unpaired) electrons. The molecule has 1 N–H and O–H groups in total. The Labute approximate surface area is 195 Å². The van der Waals surface area contributed by atoms with Gasteiger partial charge in [-0.2, -0.15) is 5.26 Å². The van der Waals surface area contributed by atoms with Crippen LogP contribution < -0.4 is 10.2 Å². The van der Waals surface area contributed by atoms with E-state index in [0.29, 0.717) is 11.3 Å². The predicted molar refractivity (Wildman–Crippen MR) is 123 cm³/mol. The maximum absolute atomic E-state index is 12.8. The number of benzene rings is 2. The highest BCUT2D eigenvalue weighted by Crippen LogP contribution is 2.24. The molecule has 33 heavy (non-hydrogen) atoms. The first-order chi connectivity index (χ1) is 15.8. The average molecular weight is 473 g/mol. The summed E-state index contributed by atoms with van der Waals surface area (Å²) in [6.45, 7) is 3.87. The molecule has 176 valence electrons. The molecular weight excluding hydrogens is 446 g/mol. The summed E-state index contributed by atoms with van der Waals surface area (Å²) in [5.74, 6) is -0.406. The van der Waals surface area contributed by atoms with E-state index in [-0.39, 0.29) is 32.5 Å². The molecule has 0 saturated heterocycles. The highest BCUT2D eigenvalue weighted by atomic mass is 32.2. The van der Waals surface area contributed by atoms with Gasteiger partial charge in [-0.1, -0.05) is 24.3 Å². The van der Waals surface area contributed by atoms with Gasteiger partial charge in [0, 0.05) is 18.8 Å². The van der Waals surface area contributed by atoms with Crippen molar-refractivity contribution in [2.45, 2.75) is 32.8 Å². The van der Waals surface area contributed by atoms with Gasteiger partial charge in [-0.3, -0.25) is 13.9 Å². The van der Waals surface area contributed by atoms with Gasteiger partial charge in [0.2, 0.25) is 0 Å². The normalized spacial score (nSPS) is 12.3. The Kier molecular flexibility index (Phi) is 10.5. The number of rotatable bonds is 11. The van der Waals surface area contributed by atoms with Crippen molar-refractivity contribution in [2.24, 2.45) is 0 Å². The summed E-state index contributed by atoms with van der Waals surface area (Å²) in [6.07, 6.45) is -0.299. The van der Waals surface area contributed by atoms with Crippen LogP contribution in [0, 0.1) is 11.3 Å². The monoisotopic (exact) mass is 472 g/mol. The zero-order valence-electron chi connectivity index (χ0n) is 18.5. The van der Waals surface area contributed by atoms with E-state index in [1.807, 2.05) is 24.3 Å². The van der Waals surface area contributed by atoms with Gasteiger partial charge in [0.15, 0.2) is 0 Å². The average Bonchev–Trinajstić information content (AvgIpc) is 2.79. The van der Waals surface area contributed by atoms with E-state index in [1.165, 1.54) is 4.90 Å². The Morgan fingerprint density at radius 2 is 1.76 bits per heavy atom. The van der Waals surface area contributed by atoms with Crippen molar-refractivity contribution >= 4 is 29.0 Å². The van der Waals surface area contributed by atoms with E-state index in [4.69, 9.17) is 14.2 Å². The molecule has 2 amide bonds. The van der Waals surface area contributed by atoms with E-state index in [0.717, 1.165) is 11.1 Å². The van der Waals surface area contributed by atoms with Crippen molar-refractivity contribution in [2.75, 3.05) is 24.6 Å². The molecule has 2 atom stereocenters. The maximum atomic E-state index is 12.8. The van der Waals surface area contributed by atoms with E-state index in [1.54, 1.807) is 38.1 Å². The topological polar surface area (TPSA) is 132 Å². The third-order valence-electron chi connectivity index (χ3n) is 4.68. The molecule has 0 aliphatic heterocycles. The first-order valence-corrected chi connectivity index (χ1v) is 11.4. The lowest BCUT2D eigenvalue weighted by Crippen LogP contribution is -2.42. The largest absolute Gasteiger partial charge is 0.750 e. The SMILES string of the molecule is CCOC(=O)CCNC(=O)N(CCC(C)OS(=O)[O-])c1ccc(-c2ccc(C#N)cc2)cc1. The summed E-state index contributed by atoms with van der Waals surface area (Å²) >= 11 is -2.65. The van der Waals surface area contributed by atoms with Crippen molar-refractivity contribution in [3.8, 4) is 17.2 Å². The molecule has 0 aromatic heterocycles. The number of hydrogen-bond acceptors (Lipinski definition) is 7. The van der Waals surface area contributed by atoms with Gasteiger partial charge in [-0.15, -0.1) is 0 Å². The number of ether oxygens (including phenoxy) is 1. The van der Waals surface area contributed by atoms with Gasteiger partial charge in [0.1, 0.15) is 0 Å². The van der Waals surface area contributed by atoms with E-state index in [2.05, 4.69) is 11.4 Å². The number of amides is 2. The Hall–Kier alpha value is -3.26. The first-order valence-electron chi connectivity index (χ1n) is 10.4. The molecule has 2 aromatic rings.